The molecule has 98 heavy (non-hydrogen) atoms. The number of phosphoric ester groups is 1. The van der Waals surface area contributed by atoms with E-state index in [9.17, 15) is 74.9 Å². The average Bonchev–Trinajstić information content (AvgIpc) is 0.766. The zero-order valence-corrected chi connectivity index (χ0v) is 60.7. The lowest BCUT2D eigenvalue weighted by Crippen LogP contribution is -2.69. The molecular formula is C73H133O24P. The van der Waals surface area contributed by atoms with Crippen molar-refractivity contribution in [3.05, 3.63) is 24.3 Å². The van der Waals surface area contributed by atoms with Crippen molar-refractivity contribution in [2.75, 3.05) is 26.4 Å². The first-order valence-electron chi connectivity index (χ1n) is 38.1. The first-order chi connectivity index (χ1) is 47.3. The highest BCUT2D eigenvalue weighted by molar-refractivity contribution is 7.47. The summed E-state index contributed by atoms with van der Waals surface area (Å²) in [6, 6.07) is 0. The molecule has 2 heterocycles. The molecule has 0 bridgehead atoms. The second-order valence-corrected chi connectivity index (χ2v) is 28.8. The van der Waals surface area contributed by atoms with Gasteiger partial charge in [0.1, 0.15) is 98.7 Å². The topological polar surface area (TPSA) is 374 Å². The lowest BCUT2D eigenvalue weighted by atomic mass is 9.84. The molecular weight excluding hydrogens is 1290 g/mol. The van der Waals surface area contributed by atoms with Crippen molar-refractivity contribution >= 4 is 25.7 Å². The summed E-state index contributed by atoms with van der Waals surface area (Å²) in [4.78, 5) is 51.0. The van der Waals surface area contributed by atoms with Gasteiger partial charge < -0.3 is 89.1 Å². The Morgan fingerprint density at radius 2 is 0.714 bits per heavy atom. The highest BCUT2D eigenvalue weighted by atomic mass is 31.2. The van der Waals surface area contributed by atoms with Crippen molar-refractivity contribution in [1.82, 2.24) is 0 Å². The van der Waals surface area contributed by atoms with Gasteiger partial charge in [-0.15, -0.1) is 0 Å². The molecule has 3 fully saturated rings. The van der Waals surface area contributed by atoms with Gasteiger partial charge in [0.05, 0.1) is 13.2 Å². The highest BCUT2D eigenvalue weighted by Crippen LogP contribution is 2.49. The van der Waals surface area contributed by atoms with Crippen LogP contribution in [0.25, 0.3) is 0 Å². The van der Waals surface area contributed by atoms with Gasteiger partial charge in [0.25, 0.3) is 0 Å². The molecule has 24 nitrogen and oxygen atoms in total. The van der Waals surface area contributed by atoms with Gasteiger partial charge in [0.2, 0.25) is 0 Å². The number of aliphatic hydroxyl groups is 10. The Morgan fingerprint density at radius 1 is 0.388 bits per heavy atom. The zero-order chi connectivity index (χ0) is 71.8. The predicted molar refractivity (Wildman–Crippen MR) is 370 cm³/mol. The highest BCUT2D eigenvalue weighted by Gasteiger charge is 2.58. The molecule has 11 N–H and O–H groups in total. The van der Waals surface area contributed by atoms with Crippen molar-refractivity contribution in [2.24, 2.45) is 0 Å². The van der Waals surface area contributed by atoms with E-state index < -0.39 is 156 Å². The van der Waals surface area contributed by atoms with Gasteiger partial charge in [-0.25, -0.2) is 4.57 Å². The lowest BCUT2D eigenvalue weighted by Gasteiger charge is -2.49. The molecule has 18 unspecified atom stereocenters. The Morgan fingerprint density at radius 3 is 1.11 bits per heavy atom. The van der Waals surface area contributed by atoms with Crippen molar-refractivity contribution in [3.8, 4) is 0 Å². The maximum atomic E-state index is 14.3. The van der Waals surface area contributed by atoms with Crippen LogP contribution >= 0.6 is 7.82 Å². The van der Waals surface area contributed by atoms with Gasteiger partial charge in [-0.2, -0.15) is 0 Å². The van der Waals surface area contributed by atoms with E-state index in [0.29, 0.717) is 19.3 Å². The summed E-state index contributed by atoms with van der Waals surface area (Å²) < 4.78 is 65.0. The minimum atomic E-state index is -5.70. The third-order valence-electron chi connectivity index (χ3n) is 18.7. The molecule has 574 valence electrons. The van der Waals surface area contributed by atoms with Crippen molar-refractivity contribution < 1.29 is 117 Å². The van der Waals surface area contributed by atoms with E-state index in [0.717, 1.165) is 96.3 Å². The number of rotatable bonds is 59. The van der Waals surface area contributed by atoms with Crippen LogP contribution in [0.15, 0.2) is 24.3 Å². The van der Waals surface area contributed by atoms with E-state index in [2.05, 4.69) is 45.1 Å². The first-order valence-corrected chi connectivity index (χ1v) is 39.6. The maximum absolute atomic E-state index is 14.3. The van der Waals surface area contributed by atoms with Crippen LogP contribution in [0.4, 0.5) is 0 Å². The fourth-order valence-electron chi connectivity index (χ4n) is 12.5. The van der Waals surface area contributed by atoms with Crippen molar-refractivity contribution in [3.63, 3.8) is 0 Å². The minimum absolute atomic E-state index is 0.00800. The van der Waals surface area contributed by atoms with Gasteiger partial charge >= 0.3 is 25.7 Å². The molecule has 0 aromatic rings. The van der Waals surface area contributed by atoms with E-state index in [4.69, 9.17) is 42.2 Å². The summed E-state index contributed by atoms with van der Waals surface area (Å²) in [7, 11) is -5.70. The molecule has 18 atom stereocenters. The molecule has 0 spiro atoms. The average molecular weight is 1430 g/mol. The Hall–Kier alpha value is -2.56. The summed E-state index contributed by atoms with van der Waals surface area (Å²) in [5.74, 6) is -2.02. The third-order valence-corrected chi connectivity index (χ3v) is 19.7. The number of hydrogen-bond acceptors (Lipinski definition) is 23. The number of esters is 3. The Labute approximate surface area is 585 Å². The normalized spacial score (nSPS) is 27.7. The fraction of sp³-hybridized carbons (Fsp3) is 0.904. The second kappa shape index (κ2) is 55.0. The number of carbonyl (C=O) groups is 3. The summed E-state index contributed by atoms with van der Waals surface area (Å²) in [6.45, 7) is 3.42. The summed E-state index contributed by atoms with van der Waals surface area (Å²) in [5.41, 5.74) is 0. The van der Waals surface area contributed by atoms with E-state index in [-0.39, 0.29) is 19.3 Å². The number of ether oxygens (including phenoxy) is 7. The first kappa shape index (κ1) is 89.7. The molecule has 0 radical (unpaired) electrons. The number of carbonyl (C=O) groups excluding carboxylic acids is 3. The van der Waals surface area contributed by atoms with Crippen LogP contribution in [0.2, 0.25) is 0 Å². The molecule has 0 aromatic heterocycles. The molecule has 3 rings (SSSR count). The summed E-state index contributed by atoms with van der Waals surface area (Å²) in [6.07, 6.45) is 15.3. The van der Waals surface area contributed by atoms with Crippen LogP contribution in [0, 0.1) is 0 Å². The molecule has 1 saturated carbocycles. The van der Waals surface area contributed by atoms with Crippen LogP contribution in [-0.2, 0) is 61.2 Å². The maximum Gasteiger partial charge on any atom is 0.472 e. The minimum Gasteiger partial charge on any atom is -0.463 e. The quantitative estimate of drug-likeness (QED) is 0.00886. The number of aliphatic hydroxyl groups excluding tert-OH is 10. The van der Waals surface area contributed by atoms with Gasteiger partial charge in [0.15, 0.2) is 18.7 Å². The van der Waals surface area contributed by atoms with Gasteiger partial charge in [0, 0.05) is 19.3 Å². The smallest absolute Gasteiger partial charge is 0.463 e. The van der Waals surface area contributed by atoms with Gasteiger partial charge in [-0.1, -0.05) is 225 Å². The van der Waals surface area contributed by atoms with Crippen LogP contribution in [0.1, 0.15) is 290 Å². The number of hydrogen-bond donors (Lipinski definition) is 11. The number of phosphoric acid groups is 1. The predicted octanol–water partition coefficient (Wildman–Crippen LogP) is 10.5. The SMILES string of the molecule is CCCCCCCC/C=C\CCCCCC(=O)OCC(COP(=O)(O)OC1C(OC2OC(CO)C(O)C(O)C2O)C(O)C(O)C(O)C1OC1OC(COC(=O)CCCCC/C=C\CCCCCCCCC)C(O)C(O)C1O)OC(=O)CCCCCCCCCCCCCCCCCC. The summed E-state index contributed by atoms with van der Waals surface area (Å²) in [5, 5.41) is 110. The largest absolute Gasteiger partial charge is 0.472 e. The Bertz CT molecular complexity index is 2120. The molecule has 25 heteroatoms. The van der Waals surface area contributed by atoms with Crippen LogP contribution in [-0.4, -0.2) is 204 Å². The molecule has 0 amide bonds. The standard InChI is InChI=1S/C73H133O24P/c1-4-7-10-13-16-19-22-25-27-28-31-34-37-40-43-46-49-59(77)92-54(51-89-57(75)47-44-41-38-35-32-29-24-21-18-15-12-9-6-3)52-91-98(87,88)97-71-69(95-72-67(85)62(80)60(78)55(50-74)93-72)65(83)64(82)66(84)70(71)96-73-68(86)63(81)61(79)56(94-73)53-90-58(76)48-45-42-39-36-33-30-26-23-20-17-14-11-8-5-2/h29-30,32-33,54-56,60-74,78-86H,4-28,31,34-53H2,1-3H3,(H,87,88)/b32-29-,33-30-. The van der Waals surface area contributed by atoms with E-state index in [1.165, 1.54) is 135 Å². The Balaban J connectivity index is 1.74. The molecule has 2 aliphatic heterocycles. The van der Waals surface area contributed by atoms with E-state index in [1.807, 2.05) is 0 Å². The van der Waals surface area contributed by atoms with Crippen molar-refractivity contribution in [2.45, 2.75) is 395 Å². The van der Waals surface area contributed by atoms with Gasteiger partial charge in [-0.05, 0) is 70.6 Å². The molecule has 3 aliphatic rings. The second-order valence-electron chi connectivity index (χ2n) is 27.4. The fourth-order valence-corrected chi connectivity index (χ4v) is 13.4. The molecule has 0 aromatic carbocycles. The van der Waals surface area contributed by atoms with Crippen molar-refractivity contribution in [1.29, 1.82) is 0 Å². The lowest BCUT2D eigenvalue weighted by molar-refractivity contribution is -0.360. The van der Waals surface area contributed by atoms with Crippen LogP contribution in [0.5, 0.6) is 0 Å². The van der Waals surface area contributed by atoms with Crippen LogP contribution < -0.4 is 0 Å². The monoisotopic (exact) mass is 1420 g/mol. The third kappa shape index (κ3) is 37.7. The number of unbranched alkanes of at least 4 members (excludes halogenated alkanes) is 34. The van der Waals surface area contributed by atoms with Crippen LogP contribution in [0.3, 0.4) is 0 Å². The summed E-state index contributed by atoms with van der Waals surface area (Å²) >= 11 is 0. The Kier molecular flexibility index (Phi) is 50.3. The zero-order valence-electron chi connectivity index (χ0n) is 59.8. The van der Waals surface area contributed by atoms with E-state index in [1.54, 1.807) is 0 Å². The van der Waals surface area contributed by atoms with Gasteiger partial charge in [-0.3, -0.25) is 23.4 Å². The molecule has 1 aliphatic carbocycles. The van der Waals surface area contributed by atoms with E-state index >= 15 is 0 Å². The number of allylic oxidation sites excluding steroid dienone is 4. The molecule has 2 saturated heterocycles.